The molecule has 1 aliphatic carbocycles. The molecule has 0 bridgehead atoms. The third-order valence-electron chi connectivity index (χ3n) is 4.23. The van der Waals surface area contributed by atoms with Gasteiger partial charge in [0.05, 0.1) is 6.54 Å². The van der Waals surface area contributed by atoms with Gasteiger partial charge in [-0.3, -0.25) is 9.69 Å². The first kappa shape index (κ1) is 16.5. The molecule has 0 atom stereocenters. The van der Waals surface area contributed by atoms with Crippen LogP contribution in [0.1, 0.15) is 25.7 Å². The van der Waals surface area contributed by atoms with Crippen molar-refractivity contribution in [1.29, 1.82) is 0 Å². The Morgan fingerprint density at radius 1 is 1.33 bits per heavy atom. The Morgan fingerprint density at radius 3 is 2.67 bits per heavy atom. The summed E-state index contributed by atoms with van der Waals surface area (Å²) >= 11 is 3.41. The number of hydrogen-bond donors (Lipinski definition) is 2. The van der Waals surface area contributed by atoms with E-state index in [0.29, 0.717) is 18.6 Å². The Labute approximate surface area is 135 Å². The summed E-state index contributed by atoms with van der Waals surface area (Å²) in [4.78, 5) is 14.3. The second-order valence-corrected chi connectivity index (χ2v) is 6.68. The van der Waals surface area contributed by atoms with E-state index in [2.05, 4.69) is 31.5 Å². The Kier molecular flexibility index (Phi) is 6.21. The maximum Gasteiger partial charge on any atom is 0.238 e. The highest BCUT2D eigenvalue weighted by Crippen LogP contribution is 2.22. The fourth-order valence-electron chi connectivity index (χ4n) is 2.93. The molecule has 0 saturated heterocycles. The highest BCUT2D eigenvalue weighted by atomic mass is 79.9. The van der Waals surface area contributed by atoms with Crippen LogP contribution in [0.5, 0.6) is 0 Å². The first-order valence-corrected chi connectivity index (χ1v) is 8.30. The average molecular weight is 354 g/mol. The fourth-order valence-corrected chi connectivity index (χ4v) is 3.33. The minimum atomic E-state index is 0.0475. The summed E-state index contributed by atoms with van der Waals surface area (Å²) in [6.45, 7) is 0.446. The first-order chi connectivity index (χ1) is 10.1. The van der Waals surface area contributed by atoms with Crippen molar-refractivity contribution in [1.82, 2.24) is 10.2 Å². The van der Waals surface area contributed by atoms with Gasteiger partial charge in [0, 0.05) is 22.2 Å². The van der Waals surface area contributed by atoms with E-state index in [9.17, 15) is 4.79 Å². The molecular weight excluding hydrogens is 330 g/mol. The number of rotatable bonds is 5. The van der Waals surface area contributed by atoms with E-state index in [1.165, 1.54) is 12.8 Å². The third kappa shape index (κ3) is 5.09. The quantitative estimate of drug-likeness (QED) is 0.855. The van der Waals surface area contributed by atoms with Crippen LogP contribution in [-0.4, -0.2) is 43.5 Å². The maximum absolute atomic E-state index is 12.1. The van der Waals surface area contributed by atoms with Crippen LogP contribution in [-0.2, 0) is 4.79 Å². The number of nitrogens with zero attached hydrogens (tertiary/aromatic N) is 1. The molecule has 1 aromatic rings. The number of likely N-dealkylation sites (N-methyl/N-ethyl adjacent to an activating group) is 1. The standard InChI is InChI=1S/C16H24BrN3O/c1-18-13-6-8-15(9-7-13)20(2)11-16(21)19-14-5-3-4-12(17)10-14/h3-5,10,13,15,18H,6-9,11H2,1-2H3,(H,19,21). The fraction of sp³-hybridized carbons (Fsp3) is 0.562. The Hall–Kier alpha value is -0.910. The van der Waals surface area contributed by atoms with Crippen molar-refractivity contribution in [3.8, 4) is 0 Å². The van der Waals surface area contributed by atoms with Crippen LogP contribution in [0.15, 0.2) is 28.7 Å². The summed E-state index contributed by atoms with van der Waals surface area (Å²) in [7, 11) is 4.07. The van der Waals surface area contributed by atoms with Gasteiger partial charge in [-0.2, -0.15) is 0 Å². The molecule has 0 aliphatic heterocycles. The highest BCUT2D eigenvalue weighted by Gasteiger charge is 2.24. The predicted octanol–water partition coefficient (Wildman–Crippen LogP) is 2.85. The van der Waals surface area contributed by atoms with Crippen molar-refractivity contribution in [2.75, 3.05) is 26.0 Å². The summed E-state index contributed by atoms with van der Waals surface area (Å²) in [5, 5.41) is 6.29. The number of halogens is 1. The SMILES string of the molecule is CNC1CCC(N(C)CC(=O)Nc2cccc(Br)c2)CC1. The van der Waals surface area contributed by atoms with E-state index in [1.807, 2.05) is 38.4 Å². The molecule has 0 unspecified atom stereocenters. The molecule has 21 heavy (non-hydrogen) atoms. The number of nitrogens with one attached hydrogen (secondary N) is 2. The molecular formula is C16H24BrN3O. The van der Waals surface area contributed by atoms with Crippen molar-refractivity contribution >= 4 is 27.5 Å². The molecule has 1 saturated carbocycles. The van der Waals surface area contributed by atoms with Gasteiger partial charge in [0.15, 0.2) is 0 Å². The molecule has 1 aliphatic rings. The van der Waals surface area contributed by atoms with E-state index in [0.717, 1.165) is 23.0 Å². The van der Waals surface area contributed by atoms with Crippen LogP contribution in [0.2, 0.25) is 0 Å². The number of hydrogen-bond acceptors (Lipinski definition) is 3. The molecule has 2 rings (SSSR count). The van der Waals surface area contributed by atoms with E-state index in [-0.39, 0.29) is 5.91 Å². The molecule has 0 spiro atoms. The van der Waals surface area contributed by atoms with Gasteiger partial charge < -0.3 is 10.6 Å². The van der Waals surface area contributed by atoms with Gasteiger partial charge in [-0.25, -0.2) is 0 Å². The van der Waals surface area contributed by atoms with Gasteiger partial charge >= 0.3 is 0 Å². The first-order valence-electron chi connectivity index (χ1n) is 7.51. The lowest BCUT2D eigenvalue weighted by Gasteiger charge is -2.34. The summed E-state index contributed by atoms with van der Waals surface area (Å²) < 4.78 is 0.971. The lowest BCUT2D eigenvalue weighted by atomic mass is 9.90. The van der Waals surface area contributed by atoms with Gasteiger partial charge in [-0.05, 0) is 58.0 Å². The molecule has 2 N–H and O–H groups in total. The van der Waals surface area contributed by atoms with Crippen LogP contribution >= 0.6 is 15.9 Å². The summed E-state index contributed by atoms with van der Waals surface area (Å²) in [6.07, 6.45) is 4.70. The lowest BCUT2D eigenvalue weighted by molar-refractivity contribution is -0.117. The molecule has 4 nitrogen and oxygen atoms in total. The van der Waals surface area contributed by atoms with Crippen molar-refractivity contribution in [2.45, 2.75) is 37.8 Å². The van der Waals surface area contributed by atoms with Gasteiger partial charge in [-0.15, -0.1) is 0 Å². The van der Waals surface area contributed by atoms with Gasteiger partial charge in [0.1, 0.15) is 0 Å². The van der Waals surface area contributed by atoms with Crippen LogP contribution < -0.4 is 10.6 Å². The maximum atomic E-state index is 12.1. The Bertz CT molecular complexity index is 472. The van der Waals surface area contributed by atoms with Gasteiger partial charge in [-0.1, -0.05) is 22.0 Å². The monoisotopic (exact) mass is 353 g/mol. The minimum absolute atomic E-state index is 0.0475. The summed E-state index contributed by atoms with van der Waals surface area (Å²) in [5.74, 6) is 0.0475. The van der Waals surface area contributed by atoms with Crippen molar-refractivity contribution in [3.63, 3.8) is 0 Å². The number of carbonyl (C=O) groups excluding carboxylic acids is 1. The number of amides is 1. The number of benzene rings is 1. The smallest absolute Gasteiger partial charge is 0.238 e. The molecule has 116 valence electrons. The van der Waals surface area contributed by atoms with Gasteiger partial charge in [0.25, 0.3) is 0 Å². The molecule has 1 fully saturated rings. The number of anilines is 1. The van der Waals surface area contributed by atoms with Crippen LogP contribution in [0, 0.1) is 0 Å². The third-order valence-corrected chi connectivity index (χ3v) is 4.72. The molecule has 0 heterocycles. The zero-order valence-electron chi connectivity index (χ0n) is 12.7. The van der Waals surface area contributed by atoms with Crippen LogP contribution in [0.25, 0.3) is 0 Å². The molecule has 0 radical (unpaired) electrons. The summed E-state index contributed by atoms with van der Waals surface area (Å²) in [5.41, 5.74) is 0.835. The zero-order valence-corrected chi connectivity index (χ0v) is 14.3. The molecule has 1 aromatic carbocycles. The van der Waals surface area contributed by atoms with Crippen molar-refractivity contribution in [2.24, 2.45) is 0 Å². The van der Waals surface area contributed by atoms with E-state index in [1.54, 1.807) is 0 Å². The highest BCUT2D eigenvalue weighted by molar-refractivity contribution is 9.10. The molecule has 5 heteroatoms. The largest absolute Gasteiger partial charge is 0.325 e. The Morgan fingerprint density at radius 2 is 2.05 bits per heavy atom. The normalized spacial score (nSPS) is 22.3. The zero-order chi connectivity index (χ0) is 15.2. The lowest BCUT2D eigenvalue weighted by Crippen LogP contribution is -2.42. The van der Waals surface area contributed by atoms with Crippen molar-refractivity contribution in [3.05, 3.63) is 28.7 Å². The van der Waals surface area contributed by atoms with E-state index in [4.69, 9.17) is 0 Å². The van der Waals surface area contributed by atoms with Gasteiger partial charge in [0.2, 0.25) is 5.91 Å². The second-order valence-electron chi connectivity index (χ2n) is 5.77. The number of carbonyl (C=O) groups is 1. The van der Waals surface area contributed by atoms with Crippen LogP contribution in [0.4, 0.5) is 5.69 Å². The second kappa shape index (κ2) is 7.92. The average Bonchev–Trinajstić information content (AvgIpc) is 2.47. The van der Waals surface area contributed by atoms with E-state index >= 15 is 0 Å². The topological polar surface area (TPSA) is 44.4 Å². The molecule has 1 amide bonds. The Balaban J connectivity index is 1.79. The van der Waals surface area contributed by atoms with E-state index < -0.39 is 0 Å². The molecule has 0 aromatic heterocycles. The van der Waals surface area contributed by atoms with Crippen molar-refractivity contribution < 1.29 is 4.79 Å². The summed E-state index contributed by atoms with van der Waals surface area (Å²) in [6, 6.07) is 8.84. The predicted molar refractivity (Wildman–Crippen MR) is 90.5 cm³/mol. The minimum Gasteiger partial charge on any atom is -0.325 e. The van der Waals surface area contributed by atoms with Crippen LogP contribution in [0.3, 0.4) is 0 Å².